The van der Waals surface area contributed by atoms with Crippen molar-refractivity contribution in [3.8, 4) is 0 Å². The van der Waals surface area contributed by atoms with Gasteiger partial charge < -0.3 is 9.47 Å². The Morgan fingerprint density at radius 3 is 2.26 bits per heavy atom. The number of esters is 1. The van der Waals surface area contributed by atoms with Gasteiger partial charge in [-0.1, -0.05) is 15.9 Å². The van der Waals surface area contributed by atoms with Crippen molar-refractivity contribution in [2.75, 3.05) is 18.5 Å². The monoisotopic (exact) mass is 330 g/mol. The van der Waals surface area contributed by atoms with E-state index in [1.807, 2.05) is 0 Å². The SMILES string of the molecule is CC1(OC(=O)COCCBr)C2CC3CC(C2)CC1C3. The van der Waals surface area contributed by atoms with Crippen molar-refractivity contribution in [3.05, 3.63) is 0 Å². The molecule has 4 heteroatoms. The second-order valence-electron chi connectivity index (χ2n) is 6.70. The molecule has 0 unspecified atom stereocenters. The standard InChI is InChI=1S/C15H23BrO3/c1-15(19-14(17)9-18-3-2-16)12-5-10-4-11(7-12)8-13(15)6-10/h10-13H,2-9H2,1H3. The van der Waals surface area contributed by atoms with Crippen LogP contribution in [0.15, 0.2) is 0 Å². The lowest BCUT2D eigenvalue weighted by atomic mass is 9.50. The van der Waals surface area contributed by atoms with E-state index in [-0.39, 0.29) is 18.2 Å². The van der Waals surface area contributed by atoms with Gasteiger partial charge in [0.1, 0.15) is 12.2 Å². The normalized spacial score (nSPS) is 43.5. The van der Waals surface area contributed by atoms with Crippen LogP contribution in [0.4, 0.5) is 0 Å². The molecule has 108 valence electrons. The lowest BCUT2D eigenvalue weighted by molar-refractivity contribution is -0.206. The Morgan fingerprint density at radius 2 is 1.74 bits per heavy atom. The topological polar surface area (TPSA) is 35.5 Å². The Hall–Kier alpha value is -0.0900. The van der Waals surface area contributed by atoms with Gasteiger partial charge in [0.2, 0.25) is 0 Å². The van der Waals surface area contributed by atoms with E-state index in [2.05, 4.69) is 22.9 Å². The zero-order valence-electron chi connectivity index (χ0n) is 11.6. The highest BCUT2D eigenvalue weighted by molar-refractivity contribution is 9.09. The molecule has 0 aromatic rings. The average Bonchev–Trinajstić information content (AvgIpc) is 2.35. The lowest BCUT2D eigenvalue weighted by Crippen LogP contribution is -2.58. The molecule has 0 spiro atoms. The predicted molar refractivity (Wildman–Crippen MR) is 76.2 cm³/mol. The van der Waals surface area contributed by atoms with Gasteiger partial charge in [-0.15, -0.1) is 0 Å². The van der Waals surface area contributed by atoms with Crippen molar-refractivity contribution in [1.29, 1.82) is 0 Å². The molecule has 0 aliphatic heterocycles. The highest BCUT2D eigenvalue weighted by Gasteiger charge is 2.56. The van der Waals surface area contributed by atoms with E-state index >= 15 is 0 Å². The van der Waals surface area contributed by atoms with Gasteiger partial charge in [0.05, 0.1) is 6.61 Å². The predicted octanol–water partition coefficient (Wildman–Crippen LogP) is 3.16. The second-order valence-corrected chi connectivity index (χ2v) is 7.50. The van der Waals surface area contributed by atoms with Crippen molar-refractivity contribution in [2.45, 2.75) is 44.6 Å². The van der Waals surface area contributed by atoms with Crippen molar-refractivity contribution < 1.29 is 14.3 Å². The molecule has 4 fully saturated rings. The van der Waals surface area contributed by atoms with Crippen LogP contribution >= 0.6 is 15.9 Å². The van der Waals surface area contributed by atoms with Gasteiger partial charge in [0.25, 0.3) is 0 Å². The number of hydrogen-bond acceptors (Lipinski definition) is 3. The fourth-order valence-corrected chi connectivity index (χ4v) is 5.00. The molecule has 0 amide bonds. The van der Waals surface area contributed by atoms with E-state index in [1.165, 1.54) is 32.1 Å². The summed E-state index contributed by atoms with van der Waals surface area (Å²) >= 11 is 3.28. The highest BCUT2D eigenvalue weighted by Crippen LogP contribution is 2.59. The van der Waals surface area contributed by atoms with E-state index in [0.29, 0.717) is 18.4 Å². The van der Waals surface area contributed by atoms with Crippen LogP contribution in [0.5, 0.6) is 0 Å². The minimum Gasteiger partial charge on any atom is -0.457 e. The molecule has 4 aliphatic carbocycles. The molecule has 4 bridgehead atoms. The maximum Gasteiger partial charge on any atom is 0.332 e. The van der Waals surface area contributed by atoms with Crippen molar-refractivity contribution >= 4 is 21.9 Å². The summed E-state index contributed by atoms with van der Waals surface area (Å²) in [5, 5.41) is 0.756. The molecule has 3 nitrogen and oxygen atoms in total. The molecule has 19 heavy (non-hydrogen) atoms. The van der Waals surface area contributed by atoms with Crippen LogP contribution in [-0.4, -0.2) is 30.1 Å². The van der Waals surface area contributed by atoms with E-state index in [1.54, 1.807) is 0 Å². The lowest BCUT2D eigenvalue weighted by Gasteiger charge is -2.59. The third-order valence-corrected chi connectivity index (χ3v) is 5.86. The molecule has 0 saturated heterocycles. The van der Waals surface area contributed by atoms with Crippen LogP contribution < -0.4 is 0 Å². The number of alkyl halides is 1. The summed E-state index contributed by atoms with van der Waals surface area (Å²) in [6.45, 7) is 2.82. The fourth-order valence-electron chi connectivity index (χ4n) is 4.77. The molecule has 0 aromatic carbocycles. The maximum atomic E-state index is 12.0. The van der Waals surface area contributed by atoms with Crippen LogP contribution in [0, 0.1) is 23.7 Å². The first-order valence-electron chi connectivity index (χ1n) is 7.47. The van der Waals surface area contributed by atoms with E-state index in [4.69, 9.17) is 9.47 Å². The Bertz CT molecular complexity index is 327. The summed E-state index contributed by atoms with van der Waals surface area (Å²) in [5.74, 6) is 2.79. The van der Waals surface area contributed by atoms with E-state index in [9.17, 15) is 4.79 Å². The summed E-state index contributed by atoms with van der Waals surface area (Å²) in [6, 6.07) is 0. The average molecular weight is 331 g/mol. The highest BCUT2D eigenvalue weighted by atomic mass is 79.9. The maximum absolute atomic E-state index is 12.0. The van der Waals surface area contributed by atoms with Crippen LogP contribution in [0.2, 0.25) is 0 Å². The molecule has 4 aliphatic rings. The number of halogens is 1. The van der Waals surface area contributed by atoms with Gasteiger partial charge >= 0.3 is 5.97 Å². The zero-order chi connectivity index (χ0) is 13.5. The number of rotatable bonds is 5. The summed E-state index contributed by atoms with van der Waals surface area (Å²) < 4.78 is 11.1. The van der Waals surface area contributed by atoms with Gasteiger partial charge in [0, 0.05) is 5.33 Å². The Morgan fingerprint density at radius 1 is 1.16 bits per heavy atom. The number of hydrogen-bond donors (Lipinski definition) is 0. The Labute approximate surface area is 123 Å². The smallest absolute Gasteiger partial charge is 0.332 e. The third kappa shape index (κ3) is 2.58. The molecule has 0 atom stereocenters. The minimum absolute atomic E-state index is 0.0908. The van der Waals surface area contributed by atoms with E-state index in [0.717, 1.165) is 17.2 Å². The molecular weight excluding hydrogens is 308 g/mol. The van der Waals surface area contributed by atoms with E-state index < -0.39 is 0 Å². The Kier molecular flexibility index (Phi) is 3.91. The van der Waals surface area contributed by atoms with Crippen molar-refractivity contribution in [2.24, 2.45) is 23.7 Å². The molecule has 0 heterocycles. The van der Waals surface area contributed by atoms with Crippen LogP contribution in [0.3, 0.4) is 0 Å². The molecule has 4 saturated carbocycles. The zero-order valence-corrected chi connectivity index (χ0v) is 13.2. The first-order valence-corrected chi connectivity index (χ1v) is 8.59. The first-order chi connectivity index (χ1) is 9.11. The van der Waals surface area contributed by atoms with Crippen LogP contribution in [0.25, 0.3) is 0 Å². The summed E-state index contributed by atoms with van der Waals surface area (Å²) in [6.07, 6.45) is 6.47. The van der Waals surface area contributed by atoms with Gasteiger partial charge in [-0.25, -0.2) is 4.79 Å². The number of carbonyl (C=O) groups excluding carboxylic acids is 1. The molecule has 4 rings (SSSR count). The summed E-state index contributed by atoms with van der Waals surface area (Å²) in [4.78, 5) is 12.0. The van der Waals surface area contributed by atoms with Crippen LogP contribution in [0.1, 0.15) is 39.0 Å². The largest absolute Gasteiger partial charge is 0.457 e. The minimum atomic E-state index is -0.220. The second kappa shape index (κ2) is 5.36. The summed E-state index contributed by atoms with van der Waals surface area (Å²) in [5.41, 5.74) is -0.220. The molecular formula is C15H23BrO3. The molecule has 0 N–H and O–H groups in total. The quantitative estimate of drug-likeness (QED) is 0.441. The van der Waals surface area contributed by atoms with Crippen molar-refractivity contribution in [3.63, 3.8) is 0 Å². The van der Waals surface area contributed by atoms with Crippen molar-refractivity contribution in [1.82, 2.24) is 0 Å². The molecule has 0 radical (unpaired) electrons. The van der Waals surface area contributed by atoms with Crippen LogP contribution in [-0.2, 0) is 14.3 Å². The van der Waals surface area contributed by atoms with Gasteiger partial charge in [-0.05, 0) is 62.7 Å². The third-order valence-electron chi connectivity index (χ3n) is 5.53. The van der Waals surface area contributed by atoms with Gasteiger partial charge in [0.15, 0.2) is 0 Å². The molecule has 0 aromatic heterocycles. The Balaban J connectivity index is 1.61. The first kappa shape index (κ1) is 13.9. The van der Waals surface area contributed by atoms with Gasteiger partial charge in [-0.3, -0.25) is 0 Å². The fraction of sp³-hybridized carbons (Fsp3) is 0.933. The summed E-state index contributed by atoms with van der Waals surface area (Å²) in [7, 11) is 0. The number of carbonyl (C=O) groups is 1. The van der Waals surface area contributed by atoms with Gasteiger partial charge in [-0.2, -0.15) is 0 Å². The number of ether oxygens (including phenoxy) is 2.